The van der Waals surface area contributed by atoms with Gasteiger partial charge in [-0.2, -0.15) is 0 Å². The van der Waals surface area contributed by atoms with Crippen LogP contribution in [-0.2, 0) is 6.54 Å². The minimum Gasteiger partial charge on any atom is -0.364 e. The minimum atomic E-state index is -0.587. The lowest BCUT2D eigenvalue weighted by Crippen LogP contribution is -2.25. The topological polar surface area (TPSA) is 72.9 Å². The van der Waals surface area contributed by atoms with E-state index in [1.807, 2.05) is 48.7 Å². The van der Waals surface area contributed by atoms with Crippen LogP contribution in [0.25, 0.3) is 17.1 Å². The van der Waals surface area contributed by atoms with E-state index in [1.165, 1.54) is 0 Å². The van der Waals surface area contributed by atoms with Gasteiger partial charge in [0.15, 0.2) is 5.69 Å². The van der Waals surface area contributed by atoms with Gasteiger partial charge >= 0.3 is 0 Å². The molecule has 2 aromatic carbocycles. The molecule has 1 heterocycles. The predicted octanol–water partition coefficient (Wildman–Crippen LogP) is 4.44. The third kappa shape index (κ3) is 4.16. The van der Waals surface area contributed by atoms with E-state index in [2.05, 4.69) is 10.3 Å². The lowest BCUT2D eigenvalue weighted by molar-refractivity contribution is 0.0995. The number of hydrogen-bond donors (Lipinski definition) is 2. The van der Waals surface area contributed by atoms with E-state index in [-0.39, 0.29) is 11.7 Å². The molecule has 0 spiro atoms. The van der Waals surface area contributed by atoms with Crippen molar-refractivity contribution in [2.45, 2.75) is 26.4 Å². The van der Waals surface area contributed by atoms with E-state index >= 15 is 0 Å². The van der Waals surface area contributed by atoms with Crippen molar-refractivity contribution in [2.24, 2.45) is 5.73 Å². The first-order valence-corrected chi connectivity index (χ1v) is 9.29. The van der Waals surface area contributed by atoms with Gasteiger partial charge in [0.25, 0.3) is 5.91 Å². The van der Waals surface area contributed by atoms with E-state index in [4.69, 9.17) is 28.9 Å². The van der Waals surface area contributed by atoms with Crippen LogP contribution in [0.15, 0.2) is 48.5 Å². The Labute approximate surface area is 168 Å². The molecule has 1 amide bonds. The standard InChI is InChI=1S/C20H20Cl2N4O/c1-12(2)24-11-17-18(19(23)27)25-20(15-5-3-4-6-16(15)22)26(17)14-9-7-13(21)8-10-14/h3-10,12,24H,11H2,1-2H3,(H2,23,27). The van der Waals surface area contributed by atoms with Crippen LogP contribution in [-0.4, -0.2) is 21.5 Å². The fraction of sp³-hybridized carbons (Fsp3) is 0.200. The average Bonchev–Trinajstić information content (AvgIpc) is 3.00. The van der Waals surface area contributed by atoms with Gasteiger partial charge in [-0.25, -0.2) is 4.98 Å². The van der Waals surface area contributed by atoms with Crippen molar-refractivity contribution >= 4 is 29.1 Å². The van der Waals surface area contributed by atoms with Gasteiger partial charge in [-0.3, -0.25) is 9.36 Å². The second-order valence-corrected chi connectivity index (χ2v) is 7.27. The number of benzene rings is 2. The van der Waals surface area contributed by atoms with Crippen LogP contribution < -0.4 is 11.1 Å². The fourth-order valence-electron chi connectivity index (χ4n) is 2.81. The SMILES string of the molecule is CC(C)NCc1c(C(N)=O)nc(-c2ccccc2Cl)n1-c1ccc(Cl)cc1. The van der Waals surface area contributed by atoms with Gasteiger partial charge in [-0.15, -0.1) is 0 Å². The monoisotopic (exact) mass is 402 g/mol. The Morgan fingerprint density at radius 1 is 1.15 bits per heavy atom. The van der Waals surface area contributed by atoms with E-state index in [1.54, 1.807) is 18.2 Å². The van der Waals surface area contributed by atoms with Crippen LogP contribution in [0.3, 0.4) is 0 Å². The van der Waals surface area contributed by atoms with Crippen LogP contribution in [0.1, 0.15) is 30.0 Å². The summed E-state index contributed by atoms with van der Waals surface area (Å²) in [7, 11) is 0. The number of aromatic nitrogens is 2. The van der Waals surface area contributed by atoms with Crippen LogP contribution >= 0.6 is 23.2 Å². The third-order valence-electron chi connectivity index (χ3n) is 4.08. The molecule has 3 N–H and O–H groups in total. The minimum absolute atomic E-state index is 0.216. The van der Waals surface area contributed by atoms with Gasteiger partial charge in [0, 0.05) is 28.9 Å². The summed E-state index contributed by atoms with van der Waals surface area (Å²) in [6.07, 6.45) is 0. The maximum absolute atomic E-state index is 12.1. The van der Waals surface area contributed by atoms with Gasteiger partial charge in [-0.05, 0) is 36.4 Å². The van der Waals surface area contributed by atoms with Crippen molar-refractivity contribution in [1.29, 1.82) is 0 Å². The second-order valence-electron chi connectivity index (χ2n) is 6.42. The molecule has 140 valence electrons. The summed E-state index contributed by atoms with van der Waals surface area (Å²) in [5.41, 5.74) is 8.05. The number of hydrogen-bond acceptors (Lipinski definition) is 3. The van der Waals surface area contributed by atoms with E-state index in [9.17, 15) is 4.79 Å². The summed E-state index contributed by atoms with van der Waals surface area (Å²) in [6, 6.07) is 14.9. The maximum atomic E-state index is 12.1. The Morgan fingerprint density at radius 3 is 2.41 bits per heavy atom. The lowest BCUT2D eigenvalue weighted by atomic mass is 10.2. The van der Waals surface area contributed by atoms with Crippen molar-refractivity contribution in [2.75, 3.05) is 0 Å². The van der Waals surface area contributed by atoms with Crippen LogP contribution in [0.2, 0.25) is 10.0 Å². The van der Waals surface area contributed by atoms with Crippen molar-refractivity contribution in [3.63, 3.8) is 0 Å². The molecule has 0 aliphatic rings. The number of nitrogens with two attached hydrogens (primary N) is 1. The normalized spacial score (nSPS) is 11.1. The first kappa shape index (κ1) is 19.4. The second kappa shape index (κ2) is 8.13. The molecule has 5 nitrogen and oxygen atoms in total. The highest BCUT2D eigenvalue weighted by Gasteiger charge is 2.23. The van der Waals surface area contributed by atoms with Crippen LogP contribution in [0.5, 0.6) is 0 Å². The third-order valence-corrected chi connectivity index (χ3v) is 4.67. The van der Waals surface area contributed by atoms with Gasteiger partial charge in [0.2, 0.25) is 0 Å². The molecular formula is C20H20Cl2N4O. The molecule has 3 rings (SSSR count). The summed E-state index contributed by atoms with van der Waals surface area (Å²) >= 11 is 12.5. The molecule has 27 heavy (non-hydrogen) atoms. The van der Waals surface area contributed by atoms with Gasteiger partial charge in [0.1, 0.15) is 5.82 Å². The number of imidazole rings is 1. The Morgan fingerprint density at radius 2 is 1.81 bits per heavy atom. The average molecular weight is 403 g/mol. The molecule has 0 saturated heterocycles. The van der Waals surface area contributed by atoms with Crippen LogP contribution in [0, 0.1) is 0 Å². The Balaban J connectivity index is 2.29. The Bertz CT molecular complexity index is 965. The number of carbonyl (C=O) groups is 1. The summed E-state index contributed by atoms with van der Waals surface area (Å²) in [4.78, 5) is 16.6. The highest BCUT2D eigenvalue weighted by atomic mass is 35.5. The molecule has 0 atom stereocenters. The smallest absolute Gasteiger partial charge is 0.269 e. The number of rotatable bonds is 6. The van der Waals surface area contributed by atoms with Gasteiger partial charge in [0.05, 0.1) is 10.7 Å². The van der Waals surface area contributed by atoms with E-state index in [0.29, 0.717) is 33.7 Å². The number of nitrogens with zero attached hydrogens (tertiary/aromatic N) is 2. The first-order chi connectivity index (χ1) is 12.9. The number of nitrogens with one attached hydrogen (secondary N) is 1. The molecule has 0 fully saturated rings. The Kier molecular flexibility index (Phi) is 5.85. The molecule has 3 aromatic rings. The molecule has 0 aliphatic carbocycles. The summed E-state index contributed by atoms with van der Waals surface area (Å²) in [5.74, 6) is -0.0335. The Hall–Kier alpha value is -2.34. The molecule has 0 unspecified atom stereocenters. The van der Waals surface area contributed by atoms with Crippen LogP contribution in [0.4, 0.5) is 0 Å². The number of carbonyl (C=O) groups excluding carboxylic acids is 1. The number of halogens is 2. The molecule has 0 aliphatic heterocycles. The zero-order valence-corrected chi connectivity index (χ0v) is 16.6. The first-order valence-electron chi connectivity index (χ1n) is 8.54. The fourth-order valence-corrected chi connectivity index (χ4v) is 3.15. The molecule has 0 saturated carbocycles. The summed E-state index contributed by atoms with van der Waals surface area (Å²) < 4.78 is 1.90. The zero-order valence-electron chi connectivity index (χ0n) is 15.0. The summed E-state index contributed by atoms with van der Waals surface area (Å²) in [5, 5.41) is 4.49. The molecule has 0 radical (unpaired) electrons. The van der Waals surface area contributed by atoms with Crippen molar-refractivity contribution in [3.8, 4) is 17.1 Å². The van der Waals surface area contributed by atoms with E-state index in [0.717, 1.165) is 5.69 Å². The van der Waals surface area contributed by atoms with Gasteiger partial charge in [-0.1, -0.05) is 49.2 Å². The number of amides is 1. The van der Waals surface area contributed by atoms with Gasteiger partial charge < -0.3 is 11.1 Å². The van der Waals surface area contributed by atoms with E-state index < -0.39 is 5.91 Å². The predicted molar refractivity (Wildman–Crippen MR) is 110 cm³/mol. The zero-order chi connectivity index (χ0) is 19.6. The van der Waals surface area contributed by atoms with Crippen molar-refractivity contribution in [1.82, 2.24) is 14.9 Å². The van der Waals surface area contributed by atoms with Crippen molar-refractivity contribution < 1.29 is 4.79 Å². The molecule has 7 heteroatoms. The lowest BCUT2D eigenvalue weighted by Gasteiger charge is -2.15. The summed E-state index contributed by atoms with van der Waals surface area (Å²) in [6.45, 7) is 4.49. The highest BCUT2D eigenvalue weighted by Crippen LogP contribution is 2.32. The number of primary amides is 1. The maximum Gasteiger partial charge on any atom is 0.269 e. The quantitative estimate of drug-likeness (QED) is 0.639. The van der Waals surface area contributed by atoms with Crippen molar-refractivity contribution in [3.05, 3.63) is 70.0 Å². The highest BCUT2D eigenvalue weighted by molar-refractivity contribution is 6.33. The molecule has 1 aromatic heterocycles. The molecule has 0 bridgehead atoms. The largest absolute Gasteiger partial charge is 0.364 e. The molecular weight excluding hydrogens is 383 g/mol.